The van der Waals surface area contributed by atoms with E-state index in [9.17, 15) is 172 Å². The standard InChI is InChI=1S/C83H54O52/c1-124-23-7-15-29(53(100)47(23)94)27-11(2-18(84)42(89)49(27)96)74(114)126-10-26(68(130-78(15)118)72-70-61(108)40-38(82(122)132-70)34(56(103)64(111)59(40)106)32-14(77(117)134-72)5-21(87)45(92)52(32)99)129-80(120)17-6-22(88)46(93)66(113)67(17)127-24-8-16-30(54(101)48(24)95)28-12(3-19(85)43(90)50(28)97)75(115)125-9-25-69(131-79(16)119)73-71-62(109)41-39(83(123)133-71)36(58(105)65(112)60(41)107)35-37(81(121)135-73)33(55(102)63(110)57(35)104)31-13(76(116)128-25)4-20(86)44(91)51(31)98/h2-8,25-26,61-62,68-73,84-113H,9-10H2,1H3/t25-,26-,61-,62+,68-,69-,70+,71+,72+,73+/m1/s1. The van der Waals surface area contributed by atoms with Crippen LogP contribution in [0.5, 0.6) is 178 Å². The number of hydrogen-bond donors (Lipinski definition) is 30. The maximum atomic E-state index is 16.2. The molecular formula is C83H54O52. The normalized spacial score (nSPS) is 20.2. The summed E-state index contributed by atoms with van der Waals surface area (Å²) in [5, 5.41) is 348. The molecule has 0 amide bonds. The summed E-state index contributed by atoms with van der Waals surface area (Å²) in [5.41, 5.74) is -32.3. The monoisotopic (exact) mass is 1880 g/mol. The number of carbonyl (C=O) groups is 10. The predicted octanol–water partition coefficient (Wildman–Crippen LogP) is 3.36. The van der Waals surface area contributed by atoms with Crippen molar-refractivity contribution < 1.29 is 258 Å². The number of esters is 10. The van der Waals surface area contributed by atoms with Crippen molar-refractivity contribution in [3.63, 3.8) is 0 Å². The number of aliphatic hydroxyl groups excluding tert-OH is 2. The van der Waals surface area contributed by atoms with Crippen LogP contribution in [0.25, 0.3) is 55.6 Å². The number of aromatic hydroxyl groups is 28. The minimum atomic E-state index is -3.30. The van der Waals surface area contributed by atoms with E-state index in [2.05, 4.69) is 0 Å². The van der Waals surface area contributed by atoms with Crippen LogP contribution in [0.4, 0.5) is 0 Å². The van der Waals surface area contributed by atoms with E-state index in [4.69, 9.17) is 56.8 Å². The first kappa shape index (κ1) is 87.9. The molecule has 10 aromatic rings. The van der Waals surface area contributed by atoms with E-state index < -0.39 is 435 Å². The third-order valence-electron chi connectivity index (χ3n) is 22.9. The van der Waals surface area contributed by atoms with Crippen LogP contribution in [0.2, 0.25) is 0 Å². The lowest BCUT2D eigenvalue weighted by Crippen LogP contribution is -2.56. The lowest BCUT2D eigenvalue weighted by Gasteiger charge is -2.40. The molecule has 0 saturated carbocycles. The molecule has 10 atom stereocenters. The summed E-state index contributed by atoms with van der Waals surface area (Å²) in [5.74, 6) is -74.8. The van der Waals surface area contributed by atoms with Crippen LogP contribution in [0.1, 0.15) is 127 Å². The van der Waals surface area contributed by atoms with E-state index in [1.54, 1.807) is 0 Å². The number of phenols is 28. The number of rotatable bonds is 6. The van der Waals surface area contributed by atoms with Gasteiger partial charge in [0.05, 0.1) is 57.2 Å². The first-order valence-electron chi connectivity index (χ1n) is 37.7. The van der Waals surface area contributed by atoms with Crippen LogP contribution < -0.4 is 9.47 Å². The molecule has 135 heavy (non-hydrogen) atoms. The van der Waals surface area contributed by atoms with Crippen molar-refractivity contribution in [1.29, 1.82) is 0 Å². The average molecular weight is 1880 g/mol. The molecule has 0 radical (unpaired) electrons. The fourth-order valence-electron chi connectivity index (χ4n) is 16.6. The SMILES string of the molecule is COc1cc2c(c(O)c1O)-c1c(cc(O)c(O)c1O)C(=O)OC[C@@H](OC(=O)c1cc(O)c(O)c(O)c1Oc1cc3c(c(O)c1O)-c1c(cc(O)c(O)c1O)C(=O)OC[C@H]1OC(=O)c4cc(O)c(O)c(O)c4-c4c(O)c(O)c(O)c5c4C(=O)O[C@H]([C@H]4OC(=O)c6c-5c(O)c(O)c(O)c6[C@@H]4O)[C@@H]1OC3=O)[C@H]([C@@H]1OC(=O)c3cc(O)c(O)c(O)c3-c3c(O)c(O)c(O)c4c3C(=O)O[C@H]1[C@@H]4O)OC2=O. The molecule has 698 valence electrons. The second-order valence-electron chi connectivity index (χ2n) is 30.1. The number of hydrogen-bond acceptors (Lipinski definition) is 52. The average Bonchev–Trinajstić information content (AvgIpc) is 1.69. The summed E-state index contributed by atoms with van der Waals surface area (Å²) in [6, 6.07) is 1.23. The molecule has 10 bridgehead atoms. The smallest absolute Gasteiger partial charge is 0.342 e. The third kappa shape index (κ3) is 12.6. The van der Waals surface area contributed by atoms with Gasteiger partial charge in [0.25, 0.3) is 0 Å². The van der Waals surface area contributed by atoms with Gasteiger partial charge in [0.1, 0.15) is 31.0 Å². The van der Waals surface area contributed by atoms with Crippen molar-refractivity contribution in [1.82, 2.24) is 0 Å². The zero-order valence-electron chi connectivity index (χ0n) is 66.1. The lowest BCUT2D eigenvalue weighted by atomic mass is 9.80. The molecule has 52 nitrogen and oxygen atoms in total. The van der Waals surface area contributed by atoms with Crippen LogP contribution in [0, 0.1) is 0 Å². The quantitative estimate of drug-likeness (QED) is 0.0644. The number of carbonyl (C=O) groups excluding carboxylic acids is 10. The highest BCUT2D eigenvalue weighted by molar-refractivity contribution is 6.18. The molecule has 0 aromatic heterocycles. The molecule has 9 aliphatic rings. The summed E-state index contributed by atoms with van der Waals surface area (Å²) >= 11 is 0. The van der Waals surface area contributed by atoms with Gasteiger partial charge in [-0.2, -0.15) is 0 Å². The van der Waals surface area contributed by atoms with Gasteiger partial charge in [-0.05, 0) is 30.3 Å². The van der Waals surface area contributed by atoms with E-state index in [0.717, 1.165) is 7.11 Å². The Morgan fingerprint density at radius 2 is 0.556 bits per heavy atom. The molecule has 9 aliphatic heterocycles. The number of cyclic esters (lactones) is 3. The minimum absolute atomic E-state index is 0.00147. The van der Waals surface area contributed by atoms with Gasteiger partial charge in [-0.1, -0.05) is 0 Å². The number of ether oxygens (including phenoxy) is 12. The molecule has 19 rings (SSSR count). The molecule has 0 fully saturated rings. The van der Waals surface area contributed by atoms with E-state index in [1.807, 2.05) is 0 Å². The number of benzene rings is 10. The Bertz CT molecular complexity index is 7200. The summed E-state index contributed by atoms with van der Waals surface area (Å²) in [6.45, 7) is -3.81. The Kier molecular flexibility index (Phi) is 19.9. The highest BCUT2D eigenvalue weighted by atomic mass is 16.7. The van der Waals surface area contributed by atoms with Crippen molar-refractivity contribution in [3.05, 3.63) is 109 Å². The van der Waals surface area contributed by atoms with Crippen molar-refractivity contribution in [2.24, 2.45) is 0 Å². The summed E-state index contributed by atoms with van der Waals surface area (Å²) in [6.07, 6.45) is -31.1. The Balaban J connectivity index is 0.863. The topological polar surface area (TPSA) is 888 Å². The Hall–Kier alpha value is -19.2. The molecule has 9 heterocycles. The van der Waals surface area contributed by atoms with E-state index in [1.165, 1.54) is 0 Å². The van der Waals surface area contributed by atoms with Crippen LogP contribution in [0.15, 0.2) is 42.5 Å². The molecule has 0 unspecified atom stereocenters. The molecular weight excluding hydrogens is 1830 g/mol. The predicted molar refractivity (Wildman–Crippen MR) is 417 cm³/mol. The maximum Gasteiger partial charge on any atom is 0.342 e. The van der Waals surface area contributed by atoms with E-state index >= 15 is 28.8 Å². The van der Waals surface area contributed by atoms with Gasteiger partial charge < -0.3 is 210 Å². The number of fused-ring (bicyclic) bond motifs is 13. The second-order valence-corrected chi connectivity index (χ2v) is 30.1. The molecule has 0 spiro atoms. The van der Waals surface area contributed by atoms with Crippen LogP contribution in [-0.2, 0) is 47.4 Å². The Morgan fingerprint density at radius 1 is 0.267 bits per heavy atom. The fraction of sp³-hybridized carbons (Fsp3) is 0.157. The van der Waals surface area contributed by atoms with Gasteiger partial charge in [-0.3, -0.25) is 0 Å². The number of phenolic OH excluding ortho intramolecular Hbond substituents is 28. The van der Waals surface area contributed by atoms with Gasteiger partial charge in [0.2, 0.25) is 63.2 Å². The number of methoxy groups -OCH3 is 1. The summed E-state index contributed by atoms with van der Waals surface area (Å²) < 4.78 is 68.2. The lowest BCUT2D eigenvalue weighted by molar-refractivity contribution is -0.154. The first-order valence-corrected chi connectivity index (χ1v) is 37.7. The van der Waals surface area contributed by atoms with Crippen molar-refractivity contribution >= 4 is 59.7 Å². The van der Waals surface area contributed by atoms with Crippen molar-refractivity contribution in [3.8, 4) is 234 Å². The van der Waals surface area contributed by atoms with Crippen LogP contribution >= 0.6 is 0 Å². The summed E-state index contributed by atoms with van der Waals surface area (Å²) in [7, 11) is 0.772. The Morgan fingerprint density at radius 3 is 0.993 bits per heavy atom. The second kappa shape index (κ2) is 30.5. The molecule has 30 N–H and O–H groups in total. The van der Waals surface area contributed by atoms with Crippen molar-refractivity contribution in [2.45, 2.75) is 61.0 Å². The molecule has 0 saturated heterocycles. The molecule has 0 aliphatic carbocycles. The van der Waals surface area contributed by atoms with Crippen LogP contribution in [-0.4, -0.2) is 282 Å². The Labute approximate surface area is 739 Å². The molecule has 10 aromatic carbocycles. The van der Waals surface area contributed by atoms with Gasteiger partial charge in [-0.25, -0.2) is 47.9 Å². The third-order valence-corrected chi connectivity index (χ3v) is 22.9. The highest BCUT2D eigenvalue weighted by Gasteiger charge is 2.59. The minimum Gasteiger partial charge on any atom is -0.504 e. The van der Waals surface area contributed by atoms with Gasteiger partial charge in [0, 0.05) is 78.9 Å². The van der Waals surface area contributed by atoms with E-state index in [-0.39, 0.29) is 36.4 Å². The largest absolute Gasteiger partial charge is 0.504 e. The van der Waals surface area contributed by atoms with Gasteiger partial charge in [0.15, 0.2) is 164 Å². The van der Waals surface area contributed by atoms with Crippen molar-refractivity contribution in [2.75, 3.05) is 20.3 Å². The van der Waals surface area contributed by atoms with E-state index in [0.29, 0.717) is 6.07 Å². The van der Waals surface area contributed by atoms with Gasteiger partial charge >= 0.3 is 59.7 Å². The zero-order chi connectivity index (χ0) is 98.0. The highest BCUT2D eigenvalue weighted by Crippen LogP contribution is 2.65. The zero-order valence-corrected chi connectivity index (χ0v) is 66.1. The number of aliphatic hydroxyl groups is 2. The first-order chi connectivity index (χ1) is 63.6. The van der Waals surface area contributed by atoms with Crippen LogP contribution in [0.3, 0.4) is 0 Å². The fourth-order valence-corrected chi connectivity index (χ4v) is 16.6. The maximum absolute atomic E-state index is 16.2. The van der Waals surface area contributed by atoms with Gasteiger partial charge in [-0.15, -0.1) is 0 Å². The summed E-state index contributed by atoms with van der Waals surface area (Å²) in [4.78, 5) is 154. The molecule has 52 heteroatoms.